The number of nitrogens with one attached hydrogen (secondary N) is 1. The van der Waals surface area contributed by atoms with Gasteiger partial charge in [0.25, 0.3) is 5.91 Å². The van der Waals surface area contributed by atoms with Crippen molar-refractivity contribution in [1.82, 2.24) is 5.32 Å². The van der Waals surface area contributed by atoms with Crippen LogP contribution >= 0.6 is 0 Å². The van der Waals surface area contributed by atoms with Crippen molar-refractivity contribution >= 4 is 5.91 Å². The fourth-order valence-corrected chi connectivity index (χ4v) is 5.12. The van der Waals surface area contributed by atoms with Crippen molar-refractivity contribution in [2.24, 2.45) is 5.92 Å². The van der Waals surface area contributed by atoms with Crippen LogP contribution < -0.4 is 10.1 Å². The summed E-state index contributed by atoms with van der Waals surface area (Å²) in [6.07, 6.45) is 1.08. The zero-order valence-corrected chi connectivity index (χ0v) is 16.6. The molecule has 3 aliphatic carbocycles. The lowest BCUT2D eigenvalue weighted by atomic mass is 9.59. The van der Waals surface area contributed by atoms with Crippen LogP contribution in [0.25, 0.3) is 0 Å². The third-order valence-electron chi connectivity index (χ3n) is 6.44. The molecular weight excluding hydrogens is 358 g/mol. The number of ether oxygens (including phenoxy) is 1. The van der Waals surface area contributed by atoms with Gasteiger partial charge in [0.05, 0.1) is 0 Å². The minimum atomic E-state index is -0.0590. The molecular formula is C26H25NO2. The van der Waals surface area contributed by atoms with Crippen molar-refractivity contribution in [3.63, 3.8) is 0 Å². The van der Waals surface area contributed by atoms with Gasteiger partial charge in [-0.2, -0.15) is 0 Å². The van der Waals surface area contributed by atoms with Crippen LogP contribution in [0.3, 0.4) is 0 Å². The first-order valence-electron chi connectivity index (χ1n) is 10.3. The number of rotatable bonds is 5. The molecule has 1 N–H and O–H groups in total. The van der Waals surface area contributed by atoms with Crippen molar-refractivity contribution in [1.29, 1.82) is 0 Å². The molecule has 0 aliphatic heterocycles. The lowest BCUT2D eigenvalue weighted by Crippen LogP contribution is -2.40. The van der Waals surface area contributed by atoms with Crippen LogP contribution in [-0.4, -0.2) is 19.1 Å². The molecule has 146 valence electrons. The number of hydrogen-bond donors (Lipinski definition) is 1. The second-order valence-corrected chi connectivity index (χ2v) is 8.14. The van der Waals surface area contributed by atoms with Crippen molar-refractivity contribution in [2.45, 2.75) is 25.2 Å². The monoisotopic (exact) mass is 383 g/mol. The number of hydrogen-bond acceptors (Lipinski definition) is 2. The highest BCUT2D eigenvalue weighted by Gasteiger charge is 2.42. The predicted octanol–water partition coefficient (Wildman–Crippen LogP) is 4.79. The third-order valence-corrected chi connectivity index (χ3v) is 6.44. The normalized spacial score (nSPS) is 21.2. The maximum absolute atomic E-state index is 12.4. The zero-order chi connectivity index (χ0) is 19.8. The van der Waals surface area contributed by atoms with E-state index in [1.165, 1.54) is 22.3 Å². The van der Waals surface area contributed by atoms with Gasteiger partial charge < -0.3 is 10.1 Å². The molecule has 3 heteroatoms. The minimum Gasteiger partial charge on any atom is -0.484 e. The van der Waals surface area contributed by atoms with Crippen LogP contribution in [-0.2, 0) is 4.79 Å². The molecule has 1 atom stereocenters. The molecule has 0 radical (unpaired) electrons. The quantitative estimate of drug-likeness (QED) is 0.688. The van der Waals surface area contributed by atoms with Crippen LogP contribution in [0.5, 0.6) is 5.75 Å². The SMILES string of the molecule is Cc1ccccc1OCC(=O)NCC1CC2c3ccccc3C1c1ccccc12. The van der Waals surface area contributed by atoms with Gasteiger partial charge in [-0.25, -0.2) is 0 Å². The Bertz CT molecular complexity index is 1010. The molecule has 0 spiro atoms. The first-order chi connectivity index (χ1) is 14.2. The van der Waals surface area contributed by atoms with Crippen LogP contribution in [0, 0.1) is 12.8 Å². The van der Waals surface area contributed by atoms with Crippen molar-refractivity contribution in [3.05, 3.63) is 101 Å². The van der Waals surface area contributed by atoms with Gasteiger partial charge in [0.2, 0.25) is 0 Å². The number of para-hydroxylation sites is 1. The molecule has 0 fully saturated rings. The summed E-state index contributed by atoms with van der Waals surface area (Å²) in [5.41, 5.74) is 6.82. The fourth-order valence-electron chi connectivity index (χ4n) is 5.12. The first-order valence-corrected chi connectivity index (χ1v) is 10.3. The third kappa shape index (κ3) is 3.21. The Morgan fingerprint density at radius 3 is 2.14 bits per heavy atom. The van der Waals surface area contributed by atoms with Crippen molar-refractivity contribution in [2.75, 3.05) is 13.2 Å². The summed E-state index contributed by atoms with van der Waals surface area (Å²) in [7, 11) is 0. The Morgan fingerprint density at radius 1 is 0.897 bits per heavy atom. The fraction of sp³-hybridized carbons (Fsp3) is 0.269. The van der Waals surface area contributed by atoms with E-state index < -0.39 is 0 Å². The summed E-state index contributed by atoms with van der Waals surface area (Å²) in [4.78, 5) is 12.4. The van der Waals surface area contributed by atoms with E-state index in [-0.39, 0.29) is 12.5 Å². The predicted molar refractivity (Wildman–Crippen MR) is 114 cm³/mol. The molecule has 3 aromatic rings. The number of amides is 1. The molecule has 0 saturated carbocycles. The van der Waals surface area contributed by atoms with Gasteiger partial charge in [-0.05, 0) is 53.1 Å². The standard InChI is InChI=1S/C26H25NO2/c1-17-8-2-7-13-24(17)29-16-25(28)27-15-18-14-23-19-9-3-5-11-21(19)26(18)22-12-6-4-10-20(22)23/h2-13,18,23,26H,14-16H2,1H3,(H,27,28). The molecule has 2 bridgehead atoms. The van der Waals surface area contributed by atoms with Gasteiger partial charge in [0.15, 0.2) is 6.61 Å². The Kier molecular flexibility index (Phi) is 4.59. The van der Waals surface area contributed by atoms with E-state index in [0.29, 0.717) is 24.3 Å². The molecule has 6 rings (SSSR count). The Balaban J connectivity index is 1.29. The molecule has 3 aromatic carbocycles. The van der Waals surface area contributed by atoms with Crippen LogP contribution in [0.4, 0.5) is 0 Å². The minimum absolute atomic E-state index is 0.0544. The Hall–Kier alpha value is -3.07. The largest absolute Gasteiger partial charge is 0.484 e. The molecule has 1 amide bonds. The average molecular weight is 383 g/mol. The number of aryl methyl sites for hydroxylation is 1. The summed E-state index contributed by atoms with van der Waals surface area (Å²) in [6, 6.07) is 25.4. The van der Waals surface area contributed by atoms with Crippen molar-refractivity contribution < 1.29 is 9.53 Å². The second-order valence-electron chi connectivity index (χ2n) is 8.14. The Morgan fingerprint density at radius 2 is 1.48 bits per heavy atom. The molecule has 3 nitrogen and oxygen atoms in total. The van der Waals surface area contributed by atoms with Gasteiger partial charge in [-0.15, -0.1) is 0 Å². The van der Waals surface area contributed by atoms with Crippen LogP contribution in [0.1, 0.15) is 46.1 Å². The van der Waals surface area contributed by atoms with Gasteiger partial charge >= 0.3 is 0 Å². The molecule has 0 aromatic heterocycles. The van der Waals surface area contributed by atoms with Gasteiger partial charge in [-0.3, -0.25) is 4.79 Å². The summed E-state index contributed by atoms with van der Waals surface area (Å²) < 4.78 is 5.70. The van der Waals surface area contributed by atoms with E-state index in [2.05, 4.69) is 53.8 Å². The maximum Gasteiger partial charge on any atom is 0.257 e. The van der Waals surface area contributed by atoms with Gasteiger partial charge in [-0.1, -0.05) is 66.7 Å². The highest BCUT2D eigenvalue weighted by molar-refractivity contribution is 5.77. The molecule has 3 aliphatic rings. The molecule has 29 heavy (non-hydrogen) atoms. The van der Waals surface area contributed by atoms with Crippen molar-refractivity contribution in [3.8, 4) is 5.75 Å². The van der Waals surface area contributed by atoms with E-state index in [1.54, 1.807) is 0 Å². The van der Waals surface area contributed by atoms with Gasteiger partial charge in [0, 0.05) is 18.4 Å². The lowest BCUT2D eigenvalue weighted by molar-refractivity contribution is -0.123. The van der Waals surface area contributed by atoms with E-state index in [4.69, 9.17) is 4.74 Å². The smallest absolute Gasteiger partial charge is 0.257 e. The average Bonchev–Trinajstić information content (AvgIpc) is 2.77. The van der Waals surface area contributed by atoms with E-state index in [9.17, 15) is 4.79 Å². The number of benzene rings is 3. The highest BCUT2D eigenvalue weighted by atomic mass is 16.5. The summed E-state index contributed by atoms with van der Waals surface area (Å²) >= 11 is 0. The zero-order valence-electron chi connectivity index (χ0n) is 16.6. The summed E-state index contributed by atoms with van der Waals surface area (Å²) in [5.74, 6) is 1.90. The number of carbonyl (C=O) groups excluding carboxylic acids is 1. The van der Waals surface area contributed by atoms with Gasteiger partial charge in [0.1, 0.15) is 5.75 Å². The maximum atomic E-state index is 12.4. The summed E-state index contributed by atoms with van der Waals surface area (Å²) in [6.45, 7) is 2.72. The van der Waals surface area contributed by atoms with E-state index >= 15 is 0 Å². The highest BCUT2D eigenvalue weighted by Crippen LogP contribution is 2.55. The number of fused-ring (bicyclic) bond motifs is 1. The first kappa shape index (κ1) is 18.0. The molecule has 0 heterocycles. The lowest BCUT2D eigenvalue weighted by Gasteiger charge is -2.45. The molecule has 0 saturated heterocycles. The topological polar surface area (TPSA) is 38.3 Å². The van der Waals surface area contributed by atoms with E-state index in [1.807, 2.05) is 31.2 Å². The van der Waals surface area contributed by atoms with Crippen LogP contribution in [0.15, 0.2) is 72.8 Å². The summed E-state index contributed by atoms with van der Waals surface area (Å²) in [5, 5.41) is 3.12. The number of carbonyl (C=O) groups is 1. The Labute approximate surface area is 171 Å². The second kappa shape index (κ2) is 7.40. The molecule has 1 unspecified atom stereocenters. The van der Waals surface area contributed by atoms with E-state index in [0.717, 1.165) is 17.7 Å². The van der Waals surface area contributed by atoms with Crippen LogP contribution in [0.2, 0.25) is 0 Å².